The maximum atomic E-state index is 12.3. The van der Waals surface area contributed by atoms with Gasteiger partial charge < -0.3 is 5.32 Å². The highest BCUT2D eigenvalue weighted by Crippen LogP contribution is 2.33. The van der Waals surface area contributed by atoms with E-state index in [1.807, 2.05) is 29.1 Å². The first-order chi connectivity index (χ1) is 10.1. The van der Waals surface area contributed by atoms with Crippen LogP contribution in [0, 0.1) is 0 Å². The number of aromatic nitrogens is 2. The molecule has 1 unspecified atom stereocenters. The van der Waals surface area contributed by atoms with Crippen LogP contribution in [-0.4, -0.2) is 22.1 Å². The molecule has 21 heavy (non-hydrogen) atoms. The Labute approximate surface area is 125 Å². The number of anilines is 1. The molecule has 0 fully saturated rings. The van der Waals surface area contributed by atoms with E-state index in [0.29, 0.717) is 24.8 Å². The van der Waals surface area contributed by atoms with Gasteiger partial charge in [-0.3, -0.25) is 9.48 Å². The molecule has 0 amide bonds. The van der Waals surface area contributed by atoms with Crippen molar-refractivity contribution in [3.8, 4) is 0 Å². The lowest BCUT2D eigenvalue weighted by molar-refractivity contribution is -0.118. The lowest BCUT2D eigenvalue weighted by atomic mass is 9.94. The molecule has 2 aromatic rings. The van der Waals surface area contributed by atoms with Gasteiger partial charge in [-0.1, -0.05) is 18.2 Å². The van der Waals surface area contributed by atoms with E-state index in [4.69, 9.17) is 0 Å². The first-order valence-corrected chi connectivity index (χ1v) is 7.52. The molecule has 1 aliphatic heterocycles. The molecule has 0 spiro atoms. The molecule has 0 aliphatic carbocycles. The standard InChI is InChI=1S/C17H21N3O/c1-12(2)20-8-7-14(19-20)10-15(21)9-13-11-18-17-6-4-3-5-16(13)17/h3-8,12-13,18H,9-11H2,1-2H3. The van der Waals surface area contributed by atoms with Crippen molar-refractivity contribution in [2.24, 2.45) is 0 Å². The molecule has 3 rings (SSSR count). The molecule has 4 heteroatoms. The number of rotatable bonds is 5. The Morgan fingerprint density at radius 1 is 1.38 bits per heavy atom. The quantitative estimate of drug-likeness (QED) is 0.916. The molecule has 1 atom stereocenters. The molecular weight excluding hydrogens is 262 g/mol. The SMILES string of the molecule is CC(C)n1ccc(CC(=O)CC2CNc3ccccc32)n1. The highest BCUT2D eigenvalue weighted by atomic mass is 16.1. The predicted molar refractivity (Wildman–Crippen MR) is 83.6 cm³/mol. The van der Waals surface area contributed by atoms with Gasteiger partial charge in [0.15, 0.2) is 0 Å². The van der Waals surface area contributed by atoms with E-state index in [2.05, 4.69) is 36.4 Å². The third-order valence-corrected chi connectivity index (χ3v) is 3.98. The van der Waals surface area contributed by atoms with Crippen LogP contribution in [0.5, 0.6) is 0 Å². The van der Waals surface area contributed by atoms with E-state index < -0.39 is 0 Å². The third kappa shape index (κ3) is 2.99. The zero-order valence-corrected chi connectivity index (χ0v) is 12.5. The lowest BCUT2D eigenvalue weighted by Crippen LogP contribution is -2.12. The van der Waals surface area contributed by atoms with Crippen molar-refractivity contribution in [3.05, 3.63) is 47.8 Å². The van der Waals surface area contributed by atoms with E-state index in [9.17, 15) is 4.79 Å². The van der Waals surface area contributed by atoms with Gasteiger partial charge in [-0.2, -0.15) is 5.10 Å². The summed E-state index contributed by atoms with van der Waals surface area (Å²) in [7, 11) is 0. The van der Waals surface area contributed by atoms with Crippen molar-refractivity contribution in [1.82, 2.24) is 9.78 Å². The lowest BCUT2D eigenvalue weighted by Gasteiger charge is -2.08. The summed E-state index contributed by atoms with van der Waals surface area (Å²) in [5.74, 6) is 0.549. The van der Waals surface area contributed by atoms with Crippen molar-refractivity contribution in [2.75, 3.05) is 11.9 Å². The van der Waals surface area contributed by atoms with Crippen LogP contribution in [0.1, 0.15) is 43.5 Å². The number of fused-ring (bicyclic) bond motifs is 1. The summed E-state index contributed by atoms with van der Waals surface area (Å²) >= 11 is 0. The largest absolute Gasteiger partial charge is 0.384 e. The van der Waals surface area contributed by atoms with Crippen LogP contribution < -0.4 is 5.32 Å². The van der Waals surface area contributed by atoms with Gasteiger partial charge in [-0.05, 0) is 31.5 Å². The number of nitrogens with zero attached hydrogens (tertiary/aromatic N) is 2. The molecule has 1 aromatic heterocycles. The van der Waals surface area contributed by atoms with Crippen LogP contribution in [0.2, 0.25) is 0 Å². The molecule has 0 saturated carbocycles. The zero-order valence-electron chi connectivity index (χ0n) is 12.5. The fraction of sp³-hybridized carbons (Fsp3) is 0.412. The summed E-state index contributed by atoms with van der Waals surface area (Å²) in [5, 5.41) is 7.82. The molecule has 1 aliphatic rings. The fourth-order valence-corrected chi connectivity index (χ4v) is 2.85. The van der Waals surface area contributed by atoms with Crippen LogP contribution in [-0.2, 0) is 11.2 Å². The molecule has 0 saturated heterocycles. The molecule has 4 nitrogen and oxygen atoms in total. The minimum atomic E-state index is 0.257. The van der Waals surface area contributed by atoms with Crippen LogP contribution in [0.3, 0.4) is 0 Å². The van der Waals surface area contributed by atoms with Gasteiger partial charge in [0.1, 0.15) is 5.78 Å². The molecule has 2 heterocycles. The summed E-state index contributed by atoms with van der Waals surface area (Å²) in [6.07, 6.45) is 2.96. The van der Waals surface area contributed by atoms with E-state index in [-0.39, 0.29) is 5.78 Å². The normalized spacial score (nSPS) is 16.8. The number of carbonyl (C=O) groups excluding carboxylic acids is 1. The smallest absolute Gasteiger partial charge is 0.139 e. The fourth-order valence-electron chi connectivity index (χ4n) is 2.85. The van der Waals surface area contributed by atoms with E-state index in [1.54, 1.807) is 0 Å². The Kier molecular flexibility index (Phi) is 3.78. The van der Waals surface area contributed by atoms with E-state index in [0.717, 1.165) is 12.2 Å². The van der Waals surface area contributed by atoms with Crippen molar-refractivity contribution in [2.45, 2.75) is 38.6 Å². The average Bonchev–Trinajstić information content (AvgIpc) is 3.07. The summed E-state index contributed by atoms with van der Waals surface area (Å²) in [6, 6.07) is 10.5. The van der Waals surface area contributed by atoms with Gasteiger partial charge in [-0.25, -0.2) is 0 Å². The monoisotopic (exact) mass is 283 g/mol. The highest BCUT2D eigenvalue weighted by Gasteiger charge is 2.24. The first-order valence-electron chi connectivity index (χ1n) is 7.52. The van der Waals surface area contributed by atoms with Gasteiger partial charge in [-0.15, -0.1) is 0 Å². The van der Waals surface area contributed by atoms with Crippen LogP contribution in [0.15, 0.2) is 36.5 Å². The number of Topliss-reactive ketones (excluding diaryl/α,β-unsaturated/α-hetero) is 1. The summed E-state index contributed by atoms with van der Waals surface area (Å²) in [4.78, 5) is 12.3. The Morgan fingerprint density at radius 3 is 2.95 bits per heavy atom. The topological polar surface area (TPSA) is 46.9 Å². The van der Waals surface area contributed by atoms with Gasteiger partial charge >= 0.3 is 0 Å². The average molecular weight is 283 g/mol. The van der Waals surface area contributed by atoms with Crippen molar-refractivity contribution < 1.29 is 4.79 Å². The van der Waals surface area contributed by atoms with Crippen LogP contribution in [0.4, 0.5) is 5.69 Å². The molecule has 0 radical (unpaired) electrons. The minimum absolute atomic E-state index is 0.257. The number of hydrogen-bond donors (Lipinski definition) is 1. The second kappa shape index (κ2) is 5.72. The molecule has 1 aromatic carbocycles. The second-order valence-corrected chi connectivity index (χ2v) is 5.97. The van der Waals surface area contributed by atoms with E-state index >= 15 is 0 Å². The van der Waals surface area contributed by atoms with Crippen LogP contribution in [0.25, 0.3) is 0 Å². The Balaban J connectivity index is 1.62. The first kappa shape index (κ1) is 13.9. The van der Waals surface area contributed by atoms with Gasteiger partial charge in [0.25, 0.3) is 0 Å². The number of hydrogen-bond acceptors (Lipinski definition) is 3. The maximum Gasteiger partial charge on any atom is 0.139 e. The van der Waals surface area contributed by atoms with Crippen LogP contribution >= 0.6 is 0 Å². The Morgan fingerprint density at radius 2 is 2.19 bits per heavy atom. The van der Waals surface area contributed by atoms with E-state index in [1.165, 1.54) is 11.3 Å². The minimum Gasteiger partial charge on any atom is -0.384 e. The summed E-state index contributed by atoms with van der Waals surface area (Å²) in [6.45, 7) is 5.02. The Bertz CT molecular complexity index is 645. The third-order valence-electron chi connectivity index (χ3n) is 3.98. The number of benzene rings is 1. The number of para-hydroxylation sites is 1. The highest BCUT2D eigenvalue weighted by molar-refractivity contribution is 5.82. The number of ketones is 1. The number of carbonyl (C=O) groups is 1. The van der Waals surface area contributed by atoms with Gasteiger partial charge in [0.2, 0.25) is 0 Å². The summed E-state index contributed by atoms with van der Waals surface area (Å²) in [5.41, 5.74) is 3.30. The van der Waals surface area contributed by atoms with Gasteiger partial charge in [0.05, 0.1) is 12.1 Å². The van der Waals surface area contributed by atoms with Gasteiger partial charge in [0, 0.05) is 36.8 Å². The van der Waals surface area contributed by atoms with Crippen molar-refractivity contribution in [1.29, 1.82) is 0 Å². The Hall–Kier alpha value is -2.10. The molecule has 110 valence electrons. The zero-order chi connectivity index (χ0) is 14.8. The van der Waals surface area contributed by atoms with Crippen molar-refractivity contribution in [3.63, 3.8) is 0 Å². The molecule has 0 bridgehead atoms. The summed E-state index contributed by atoms with van der Waals surface area (Å²) < 4.78 is 1.90. The predicted octanol–water partition coefficient (Wildman–Crippen LogP) is 3.18. The number of nitrogens with one attached hydrogen (secondary N) is 1. The molecular formula is C17H21N3O. The second-order valence-electron chi connectivity index (χ2n) is 5.97. The van der Waals surface area contributed by atoms with Crippen molar-refractivity contribution >= 4 is 11.5 Å². The molecule has 1 N–H and O–H groups in total. The maximum absolute atomic E-state index is 12.3.